The molecule has 1 aliphatic rings. The zero-order valence-electron chi connectivity index (χ0n) is 29.5. The number of phenols is 1. The molecule has 2 heterocycles. The van der Waals surface area contributed by atoms with Crippen LogP contribution in [0, 0.1) is 6.92 Å². The summed E-state index contributed by atoms with van der Waals surface area (Å²) in [5, 5.41) is 12.3. The Balaban J connectivity index is 0.000000159. The van der Waals surface area contributed by atoms with E-state index in [9.17, 15) is 23.1 Å². The second-order valence-electron chi connectivity index (χ2n) is 13.0. The number of nitrogens with one attached hydrogen (secondary N) is 1. The summed E-state index contributed by atoms with van der Waals surface area (Å²) in [6, 6.07) is 34.5. The number of phenolic OH excluding ortho intramolecular Hbond substituents is 1. The third-order valence-electron chi connectivity index (χ3n) is 8.84. The monoisotopic (exact) mass is 860 g/mol. The molecule has 0 atom stereocenters. The first-order valence-electron chi connectivity index (χ1n) is 16.9. The van der Waals surface area contributed by atoms with Crippen LogP contribution in [0.15, 0.2) is 120 Å². The summed E-state index contributed by atoms with van der Waals surface area (Å²) in [7, 11) is -3.29. The Hall–Kier alpha value is -5.93. The van der Waals surface area contributed by atoms with E-state index in [1.807, 2.05) is 18.2 Å². The predicted octanol–water partition coefficient (Wildman–Crippen LogP) is 10.2. The molecule has 10 nitrogen and oxygen atoms in total. The van der Waals surface area contributed by atoms with Crippen LogP contribution in [0.3, 0.4) is 0 Å². The number of nitrogens with two attached hydrogens (primary N) is 1. The number of halogens is 1. The van der Waals surface area contributed by atoms with Gasteiger partial charge in [0, 0.05) is 38.5 Å². The molecule has 9 rings (SSSR count). The van der Waals surface area contributed by atoms with Crippen LogP contribution in [-0.2, 0) is 10.0 Å². The Morgan fingerprint density at radius 3 is 1.95 bits per heavy atom. The quantitative estimate of drug-likeness (QED) is 0.109. The smallest absolute Gasteiger partial charge is 0.229 e. The molecule has 0 bridgehead atoms. The van der Waals surface area contributed by atoms with E-state index >= 15 is 0 Å². The van der Waals surface area contributed by atoms with E-state index in [1.165, 1.54) is 16.3 Å². The van der Waals surface area contributed by atoms with Crippen molar-refractivity contribution in [3.05, 3.63) is 148 Å². The van der Waals surface area contributed by atoms with Gasteiger partial charge >= 0.3 is 0 Å². The van der Waals surface area contributed by atoms with Crippen LogP contribution in [0.2, 0.25) is 0 Å². The minimum absolute atomic E-state index is 0.0218. The van der Waals surface area contributed by atoms with Crippen molar-refractivity contribution >= 4 is 92.0 Å². The lowest BCUT2D eigenvalue weighted by molar-refractivity contribution is 0.0977. The van der Waals surface area contributed by atoms with Crippen LogP contribution in [0.4, 0.5) is 11.4 Å². The number of aryl methyl sites for hydroxylation is 1. The standard InChI is InChI=1S/C22H17N3O2S3.C20H12BrNO4/c1-13-3-9-17-19(11-13)28-22(24-17)15-6-10-18-20(12-15)29-21(23-18)14-4-7-16(8-5-14)25-30(2,26)27;21-10-5-7-11(8-6-10)26-15-9-14(23)16-17(18(15)22)20(25)13-4-2-1-3-12(13)19(16)24/h3-12,25H,1-2H3;1-9,23H,22H2. The second kappa shape index (κ2) is 14.6. The minimum Gasteiger partial charge on any atom is -0.507 e. The van der Waals surface area contributed by atoms with E-state index in [1.54, 1.807) is 83.3 Å². The number of carbonyl (C=O) groups excluding carboxylic acids is 2. The van der Waals surface area contributed by atoms with Crippen molar-refractivity contribution in [2.45, 2.75) is 6.92 Å². The van der Waals surface area contributed by atoms with E-state index in [-0.39, 0.29) is 39.4 Å². The summed E-state index contributed by atoms with van der Waals surface area (Å²) in [5.74, 6) is -0.591. The Morgan fingerprint density at radius 2 is 1.30 bits per heavy atom. The number of nitrogens with zero attached hydrogens (tertiary/aromatic N) is 2. The van der Waals surface area contributed by atoms with Gasteiger partial charge in [-0.15, -0.1) is 22.7 Å². The van der Waals surface area contributed by atoms with Crippen molar-refractivity contribution in [2.24, 2.45) is 0 Å². The van der Waals surface area contributed by atoms with Crippen LogP contribution in [0.1, 0.15) is 37.4 Å². The number of ether oxygens (including phenoxy) is 1. The molecule has 1 aliphatic carbocycles. The maximum absolute atomic E-state index is 12.9. The number of hydrogen-bond acceptors (Lipinski definition) is 11. The van der Waals surface area contributed by atoms with Gasteiger partial charge in [0.1, 0.15) is 21.5 Å². The molecule has 0 aliphatic heterocycles. The van der Waals surface area contributed by atoms with Gasteiger partial charge < -0.3 is 15.6 Å². The number of fused-ring (bicyclic) bond motifs is 4. The largest absolute Gasteiger partial charge is 0.507 e. The molecule has 56 heavy (non-hydrogen) atoms. The number of aromatic nitrogens is 2. The summed E-state index contributed by atoms with van der Waals surface area (Å²) in [6.07, 6.45) is 1.14. The molecular formula is C42H29BrN4O6S3. The number of ketones is 2. The molecule has 4 N–H and O–H groups in total. The van der Waals surface area contributed by atoms with Gasteiger partial charge in [-0.3, -0.25) is 14.3 Å². The maximum Gasteiger partial charge on any atom is 0.229 e. The molecule has 0 radical (unpaired) electrons. The molecule has 0 amide bonds. The summed E-state index contributed by atoms with van der Waals surface area (Å²) in [6.45, 7) is 2.09. The van der Waals surface area contributed by atoms with Crippen molar-refractivity contribution in [3.8, 4) is 38.4 Å². The van der Waals surface area contributed by atoms with Crippen molar-refractivity contribution in [3.63, 3.8) is 0 Å². The van der Waals surface area contributed by atoms with Gasteiger partial charge in [0.25, 0.3) is 0 Å². The highest BCUT2D eigenvalue weighted by molar-refractivity contribution is 9.10. The first-order valence-corrected chi connectivity index (χ1v) is 21.3. The Bertz CT molecular complexity index is 2980. The van der Waals surface area contributed by atoms with Crippen molar-refractivity contribution in [2.75, 3.05) is 16.7 Å². The summed E-state index contributed by atoms with van der Waals surface area (Å²) in [5.41, 5.74) is 12.3. The highest BCUT2D eigenvalue weighted by Gasteiger charge is 2.35. The number of rotatable bonds is 6. The fraction of sp³-hybridized carbons (Fsp3) is 0.0476. The maximum atomic E-state index is 12.9. The average Bonchev–Trinajstić information content (AvgIpc) is 3.80. The van der Waals surface area contributed by atoms with Crippen molar-refractivity contribution in [1.82, 2.24) is 9.97 Å². The molecule has 0 spiro atoms. The van der Waals surface area contributed by atoms with Gasteiger partial charge in [-0.05, 0) is 91.3 Å². The summed E-state index contributed by atoms with van der Waals surface area (Å²) in [4.78, 5) is 35.1. The van der Waals surface area contributed by atoms with Gasteiger partial charge in [-0.25, -0.2) is 18.4 Å². The molecular weight excluding hydrogens is 833 g/mol. The molecule has 0 saturated carbocycles. The van der Waals surface area contributed by atoms with Crippen LogP contribution < -0.4 is 15.2 Å². The number of hydrogen-bond donors (Lipinski definition) is 3. The molecule has 0 fully saturated rings. The normalized spacial score (nSPS) is 12.2. The number of nitrogen functional groups attached to an aromatic ring is 1. The molecule has 278 valence electrons. The second-order valence-corrected chi connectivity index (χ2v) is 17.7. The van der Waals surface area contributed by atoms with E-state index in [0.717, 1.165) is 47.6 Å². The van der Waals surface area contributed by atoms with Crippen molar-refractivity contribution < 1.29 is 27.9 Å². The zero-order chi connectivity index (χ0) is 39.3. The van der Waals surface area contributed by atoms with Crippen LogP contribution >= 0.6 is 38.6 Å². The zero-order valence-corrected chi connectivity index (χ0v) is 33.6. The summed E-state index contributed by atoms with van der Waals surface area (Å²) >= 11 is 6.65. The number of sulfonamides is 1. The summed E-state index contributed by atoms with van der Waals surface area (Å²) < 4.78 is 34.1. The molecule has 0 saturated heterocycles. The number of thiazole rings is 2. The third kappa shape index (κ3) is 7.39. The van der Waals surface area contributed by atoms with Crippen LogP contribution in [-0.4, -0.2) is 41.3 Å². The molecule has 2 aromatic heterocycles. The fourth-order valence-electron chi connectivity index (χ4n) is 6.22. The number of carbonyl (C=O) groups is 2. The van der Waals surface area contributed by atoms with Crippen molar-refractivity contribution in [1.29, 1.82) is 0 Å². The molecule has 0 unspecified atom stereocenters. The van der Waals surface area contributed by atoms with Gasteiger partial charge in [-0.1, -0.05) is 46.3 Å². The van der Waals surface area contributed by atoms with E-state index in [2.05, 4.69) is 57.9 Å². The number of aromatic hydroxyl groups is 1. The molecule has 14 heteroatoms. The first kappa shape index (κ1) is 37.0. The fourth-order valence-corrected chi connectivity index (χ4v) is 9.12. The van der Waals surface area contributed by atoms with Gasteiger partial charge in [-0.2, -0.15) is 0 Å². The molecule has 8 aromatic rings. The highest BCUT2D eigenvalue weighted by atomic mass is 79.9. The lowest BCUT2D eigenvalue weighted by Gasteiger charge is -2.21. The number of anilines is 2. The van der Waals surface area contributed by atoms with Gasteiger partial charge in [0.15, 0.2) is 17.3 Å². The lowest BCUT2D eigenvalue weighted by Crippen LogP contribution is -2.22. The lowest BCUT2D eigenvalue weighted by atomic mass is 9.82. The van der Waals surface area contributed by atoms with E-state index < -0.39 is 21.6 Å². The van der Waals surface area contributed by atoms with E-state index in [4.69, 9.17) is 20.4 Å². The molecule has 6 aromatic carbocycles. The Labute approximate surface area is 337 Å². The van der Waals surface area contributed by atoms with Gasteiger partial charge in [0.2, 0.25) is 10.0 Å². The highest BCUT2D eigenvalue weighted by Crippen LogP contribution is 2.43. The van der Waals surface area contributed by atoms with Crippen LogP contribution in [0.25, 0.3) is 41.6 Å². The van der Waals surface area contributed by atoms with E-state index in [0.29, 0.717) is 11.4 Å². The number of benzene rings is 6. The predicted molar refractivity (Wildman–Crippen MR) is 227 cm³/mol. The van der Waals surface area contributed by atoms with Gasteiger partial charge in [0.05, 0.1) is 43.5 Å². The average molecular weight is 862 g/mol. The topological polar surface area (TPSA) is 162 Å². The Kier molecular flexibility index (Phi) is 9.66. The SMILES string of the molecule is Cc1ccc2nc(-c3ccc4nc(-c5ccc(NS(C)(=O)=O)cc5)sc4c3)sc2c1.Nc1c(Oc2ccc(Br)cc2)cc(O)c2c1C(=O)c1ccccc1C2=O. The third-order valence-corrected chi connectivity index (χ3v) is 12.1. The first-order chi connectivity index (χ1) is 26.8. The Morgan fingerprint density at radius 1 is 0.732 bits per heavy atom. The minimum atomic E-state index is -3.29. The van der Waals surface area contributed by atoms with Crippen LogP contribution in [0.5, 0.6) is 17.2 Å².